The number of carbonyl (C=O) groups excluding carboxylic acids is 1. The Kier molecular flexibility index (Phi) is 3.68. The van der Waals surface area contributed by atoms with Gasteiger partial charge in [0.05, 0.1) is 17.7 Å². The highest BCUT2D eigenvalue weighted by Crippen LogP contribution is 2.11. The summed E-state index contributed by atoms with van der Waals surface area (Å²) in [6.45, 7) is 7.90. The number of carbonyl (C=O) groups is 1. The molecule has 0 aromatic carbocycles. The Hall–Kier alpha value is -1.10. The van der Waals surface area contributed by atoms with Gasteiger partial charge in [-0.2, -0.15) is 0 Å². The van der Waals surface area contributed by atoms with Crippen LogP contribution in [0.5, 0.6) is 0 Å². The number of aromatic nitrogens is 1. The third kappa shape index (κ3) is 4.29. The van der Waals surface area contributed by atoms with Crippen LogP contribution in [0.15, 0.2) is 5.51 Å². The number of rotatable bonds is 2. The topological polar surface area (TPSA) is 51.2 Å². The number of nitrogens with one attached hydrogen (secondary N) is 1. The van der Waals surface area contributed by atoms with Crippen molar-refractivity contribution in [3.8, 4) is 0 Å². The summed E-state index contributed by atoms with van der Waals surface area (Å²) in [5.74, 6) is 0. The molecule has 0 bridgehead atoms. The van der Waals surface area contributed by atoms with E-state index >= 15 is 0 Å². The van der Waals surface area contributed by atoms with E-state index in [0.29, 0.717) is 6.54 Å². The normalized spacial score (nSPS) is 11.2. The summed E-state index contributed by atoms with van der Waals surface area (Å²) < 4.78 is 5.10. The van der Waals surface area contributed by atoms with Crippen LogP contribution in [-0.2, 0) is 11.3 Å². The molecule has 1 amide bonds. The second kappa shape index (κ2) is 4.61. The average Bonchev–Trinajstić information content (AvgIpc) is 2.44. The Bertz CT molecular complexity index is 341. The van der Waals surface area contributed by atoms with E-state index in [4.69, 9.17) is 4.74 Å². The van der Waals surface area contributed by atoms with Crippen LogP contribution in [0.4, 0.5) is 4.79 Å². The van der Waals surface area contributed by atoms with Gasteiger partial charge >= 0.3 is 6.09 Å². The molecule has 0 unspecified atom stereocenters. The van der Waals surface area contributed by atoms with E-state index in [1.807, 2.05) is 27.7 Å². The zero-order chi connectivity index (χ0) is 11.5. The van der Waals surface area contributed by atoms with E-state index in [1.165, 1.54) is 0 Å². The van der Waals surface area contributed by atoms with E-state index in [2.05, 4.69) is 10.3 Å². The molecule has 15 heavy (non-hydrogen) atoms. The molecule has 0 atom stereocenters. The van der Waals surface area contributed by atoms with E-state index < -0.39 is 11.7 Å². The van der Waals surface area contributed by atoms with Gasteiger partial charge in [-0.05, 0) is 27.7 Å². The van der Waals surface area contributed by atoms with Gasteiger partial charge in [0.1, 0.15) is 5.60 Å². The Morgan fingerprint density at radius 1 is 1.60 bits per heavy atom. The zero-order valence-electron chi connectivity index (χ0n) is 9.46. The molecule has 1 heterocycles. The summed E-state index contributed by atoms with van der Waals surface area (Å²) in [6.07, 6.45) is -0.408. The first-order valence-electron chi connectivity index (χ1n) is 4.74. The number of nitrogens with zero attached hydrogens (tertiary/aromatic N) is 1. The third-order valence-electron chi connectivity index (χ3n) is 1.64. The summed E-state index contributed by atoms with van der Waals surface area (Å²) in [5.41, 5.74) is 2.20. The Morgan fingerprint density at radius 3 is 2.73 bits per heavy atom. The number of amides is 1. The van der Waals surface area contributed by atoms with Gasteiger partial charge in [0.15, 0.2) is 0 Å². The average molecular weight is 228 g/mol. The van der Waals surface area contributed by atoms with Crippen molar-refractivity contribution in [2.24, 2.45) is 0 Å². The van der Waals surface area contributed by atoms with Crippen LogP contribution in [-0.4, -0.2) is 16.7 Å². The van der Waals surface area contributed by atoms with Crippen LogP contribution in [0.2, 0.25) is 0 Å². The van der Waals surface area contributed by atoms with Gasteiger partial charge in [-0.15, -0.1) is 11.3 Å². The lowest BCUT2D eigenvalue weighted by Crippen LogP contribution is -2.32. The van der Waals surface area contributed by atoms with E-state index in [9.17, 15) is 4.79 Å². The van der Waals surface area contributed by atoms with Crippen LogP contribution in [0.25, 0.3) is 0 Å². The lowest BCUT2D eigenvalue weighted by molar-refractivity contribution is 0.0523. The van der Waals surface area contributed by atoms with Crippen molar-refractivity contribution >= 4 is 17.4 Å². The fourth-order valence-electron chi connectivity index (χ4n) is 0.968. The van der Waals surface area contributed by atoms with Gasteiger partial charge in [-0.1, -0.05) is 0 Å². The zero-order valence-corrected chi connectivity index (χ0v) is 10.3. The first kappa shape index (κ1) is 12.0. The minimum absolute atomic E-state index is 0.408. The maximum atomic E-state index is 11.3. The molecule has 1 N–H and O–H groups in total. The quantitative estimate of drug-likeness (QED) is 0.846. The molecule has 84 valence electrons. The molecule has 0 aliphatic rings. The summed E-state index contributed by atoms with van der Waals surface area (Å²) in [7, 11) is 0. The molecule has 5 heteroatoms. The first-order chi connectivity index (χ1) is 6.88. The lowest BCUT2D eigenvalue weighted by Gasteiger charge is -2.19. The van der Waals surface area contributed by atoms with Gasteiger partial charge in [0, 0.05) is 4.88 Å². The third-order valence-corrected chi connectivity index (χ3v) is 2.44. The summed E-state index contributed by atoms with van der Waals surface area (Å²) in [6, 6.07) is 0. The molecule has 1 aromatic heterocycles. The van der Waals surface area contributed by atoms with Gasteiger partial charge in [0.25, 0.3) is 0 Å². The van der Waals surface area contributed by atoms with Crippen LogP contribution in [0.1, 0.15) is 31.3 Å². The van der Waals surface area contributed by atoms with E-state index in [0.717, 1.165) is 10.6 Å². The van der Waals surface area contributed by atoms with Crippen molar-refractivity contribution in [2.75, 3.05) is 0 Å². The maximum Gasteiger partial charge on any atom is 0.407 e. The van der Waals surface area contributed by atoms with Crippen molar-refractivity contribution in [3.63, 3.8) is 0 Å². The SMILES string of the molecule is Cc1scnc1CNC(=O)OC(C)(C)C. The fraction of sp³-hybridized carbons (Fsp3) is 0.600. The van der Waals surface area contributed by atoms with Crippen molar-refractivity contribution < 1.29 is 9.53 Å². The smallest absolute Gasteiger partial charge is 0.407 e. The Morgan fingerprint density at radius 2 is 2.27 bits per heavy atom. The summed E-state index contributed by atoms with van der Waals surface area (Å²) >= 11 is 1.57. The minimum atomic E-state index is -0.457. The van der Waals surface area contributed by atoms with E-state index in [-0.39, 0.29) is 0 Å². The largest absolute Gasteiger partial charge is 0.444 e. The molecule has 1 rings (SSSR count). The first-order valence-corrected chi connectivity index (χ1v) is 5.62. The van der Waals surface area contributed by atoms with Crippen molar-refractivity contribution in [1.29, 1.82) is 0 Å². The van der Waals surface area contributed by atoms with Crippen molar-refractivity contribution in [3.05, 3.63) is 16.1 Å². The molecule has 0 spiro atoms. The Labute approximate surface area is 93.7 Å². The Balaban J connectivity index is 2.38. The number of hydrogen-bond donors (Lipinski definition) is 1. The number of thiazole rings is 1. The second-order valence-electron chi connectivity index (χ2n) is 4.21. The van der Waals surface area contributed by atoms with Crippen LogP contribution >= 0.6 is 11.3 Å². The fourth-order valence-corrected chi connectivity index (χ4v) is 1.57. The molecular weight excluding hydrogens is 212 g/mol. The van der Waals surface area contributed by atoms with Gasteiger partial charge in [-0.3, -0.25) is 0 Å². The molecule has 0 saturated heterocycles. The molecule has 0 aliphatic heterocycles. The second-order valence-corrected chi connectivity index (χ2v) is 5.27. The van der Waals surface area contributed by atoms with Crippen LogP contribution in [0.3, 0.4) is 0 Å². The summed E-state index contributed by atoms with van der Waals surface area (Å²) in [4.78, 5) is 16.6. The van der Waals surface area contributed by atoms with Gasteiger partial charge in [0.2, 0.25) is 0 Å². The maximum absolute atomic E-state index is 11.3. The van der Waals surface area contributed by atoms with Crippen LogP contribution in [0, 0.1) is 6.92 Å². The number of alkyl carbamates (subject to hydrolysis) is 1. The molecule has 0 saturated carbocycles. The number of hydrogen-bond acceptors (Lipinski definition) is 4. The number of aryl methyl sites for hydroxylation is 1. The lowest BCUT2D eigenvalue weighted by atomic mass is 10.2. The molecular formula is C10H16N2O2S. The van der Waals surface area contributed by atoms with Gasteiger partial charge < -0.3 is 10.1 Å². The van der Waals surface area contributed by atoms with Crippen molar-refractivity contribution in [2.45, 2.75) is 39.8 Å². The van der Waals surface area contributed by atoms with Gasteiger partial charge in [-0.25, -0.2) is 9.78 Å². The highest BCUT2D eigenvalue weighted by molar-refractivity contribution is 7.09. The number of ether oxygens (including phenoxy) is 1. The molecule has 0 aliphatic carbocycles. The summed E-state index contributed by atoms with van der Waals surface area (Å²) in [5, 5.41) is 2.67. The molecule has 0 radical (unpaired) electrons. The van der Waals surface area contributed by atoms with E-state index in [1.54, 1.807) is 16.8 Å². The highest BCUT2D eigenvalue weighted by Gasteiger charge is 2.16. The van der Waals surface area contributed by atoms with Crippen LogP contribution < -0.4 is 5.32 Å². The monoisotopic (exact) mass is 228 g/mol. The molecule has 4 nitrogen and oxygen atoms in total. The molecule has 0 fully saturated rings. The standard InChI is InChI=1S/C10H16N2O2S/c1-7-8(12-6-15-7)5-11-9(13)14-10(2,3)4/h6H,5H2,1-4H3,(H,11,13). The molecule has 1 aromatic rings. The minimum Gasteiger partial charge on any atom is -0.444 e. The predicted octanol–water partition coefficient (Wildman–Crippen LogP) is 2.48. The highest BCUT2D eigenvalue weighted by atomic mass is 32.1. The van der Waals surface area contributed by atoms with Crippen molar-refractivity contribution in [1.82, 2.24) is 10.3 Å². The predicted molar refractivity (Wildman–Crippen MR) is 59.9 cm³/mol.